The van der Waals surface area contributed by atoms with Crippen LogP contribution in [0.1, 0.15) is 32.3 Å². The summed E-state index contributed by atoms with van der Waals surface area (Å²) in [5.41, 5.74) is -1.93. The van der Waals surface area contributed by atoms with Gasteiger partial charge in [0.2, 0.25) is 0 Å². The van der Waals surface area contributed by atoms with Crippen LogP contribution in [-0.4, -0.2) is 34.4 Å². The van der Waals surface area contributed by atoms with Gasteiger partial charge in [-0.1, -0.05) is 13.8 Å². The summed E-state index contributed by atoms with van der Waals surface area (Å²) in [6, 6.07) is 1.99. The van der Waals surface area contributed by atoms with Crippen LogP contribution in [0.5, 0.6) is 0 Å². The van der Waals surface area contributed by atoms with Gasteiger partial charge in [-0.3, -0.25) is 4.90 Å². The number of aliphatic hydroxyl groups is 1. The fourth-order valence-corrected chi connectivity index (χ4v) is 3.95. The molecule has 0 spiro atoms. The van der Waals surface area contributed by atoms with Crippen molar-refractivity contribution in [3.05, 3.63) is 29.3 Å². The maximum Gasteiger partial charge on any atom is 0.411 e. The molecule has 1 fully saturated rings. The first-order chi connectivity index (χ1) is 10.7. The molecule has 2 rings (SSSR count). The van der Waals surface area contributed by atoms with Gasteiger partial charge in [0.15, 0.2) is 0 Å². The Hall–Kier alpha value is -1.34. The number of rotatable bonds is 4. The van der Waals surface area contributed by atoms with Crippen molar-refractivity contribution in [2.24, 2.45) is 5.92 Å². The van der Waals surface area contributed by atoms with Crippen LogP contribution < -0.4 is 4.90 Å². The molecule has 0 saturated carbocycles. The van der Waals surface area contributed by atoms with Gasteiger partial charge >= 0.3 is 6.09 Å². The molecule has 0 atom stereocenters. The quantitative estimate of drug-likeness (QED) is 0.871. The van der Waals surface area contributed by atoms with E-state index in [-0.39, 0.29) is 36.6 Å². The monoisotopic (exact) mass is 345 g/mol. The van der Waals surface area contributed by atoms with Crippen molar-refractivity contribution >= 4 is 23.5 Å². The summed E-state index contributed by atoms with van der Waals surface area (Å²) in [6.07, 6.45) is -0.711. The van der Waals surface area contributed by atoms with Gasteiger partial charge in [0.05, 0.1) is 16.9 Å². The van der Waals surface area contributed by atoms with E-state index in [1.54, 1.807) is 11.8 Å². The third-order valence-corrected chi connectivity index (χ3v) is 4.89. The minimum Gasteiger partial charge on any atom is -0.465 e. The lowest BCUT2D eigenvalue weighted by Crippen LogP contribution is -2.35. The average Bonchev–Trinajstić information content (AvgIpc) is 2.43. The average molecular weight is 345 g/mol. The Morgan fingerprint density at radius 3 is 2.26 bits per heavy atom. The van der Waals surface area contributed by atoms with E-state index in [1.807, 2.05) is 13.8 Å². The van der Waals surface area contributed by atoms with Crippen LogP contribution in [0.3, 0.4) is 0 Å². The molecule has 0 aliphatic carbocycles. The van der Waals surface area contributed by atoms with Crippen molar-refractivity contribution in [2.75, 3.05) is 23.0 Å². The van der Waals surface area contributed by atoms with E-state index in [0.29, 0.717) is 11.5 Å². The number of carbonyl (C=O) groups is 1. The highest BCUT2D eigenvalue weighted by atomic mass is 32.2. The number of hydrogen-bond donors (Lipinski definition) is 2. The molecule has 4 nitrogen and oxygen atoms in total. The lowest BCUT2D eigenvalue weighted by Gasteiger charge is -2.33. The highest BCUT2D eigenvalue weighted by Crippen LogP contribution is 2.39. The van der Waals surface area contributed by atoms with Crippen molar-refractivity contribution in [3.8, 4) is 0 Å². The van der Waals surface area contributed by atoms with Gasteiger partial charge in [0.1, 0.15) is 11.6 Å². The molecule has 0 bridgehead atoms. The number of amides is 1. The molecule has 23 heavy (non-hydrogen) atoms. The lowest BCUT2D eigenvalue weighted by molar-refractivity contribution is 0.0209. The van der Waals surface area contributed by atoms with Gasteiger partial charge in [0, 0.05) is 6.54 Å². The molecule has 1 aliphatic heterocycles. The molecule has 1 amide bonds. The third-order valence-electron chi connectivity index (χ3n) is 3.90. The van der Waals surface area contributed by atoms with Gasteiger partial charge in [-0.05, 0) is 42.4 Å². The fourth-order valence-electron chi connectivity index (χ4n) is 2.78. The molecule has 1 saturated heterocycles. The predicted octanol–water partition coefficient (Wildman–Crippen LogP) is 3.82. The molecule has 1 aromatic carbocycles. The normalized spacial score (nSPS) is 17.3. The van der Waals surface area contributed by atoms with E-state index >= 15 is 0 Å². The molecule has 0 unspecified atom stereocenters. The first kappa shape index (κ1) is 18.0. The Balaban J connectivity index is 2.41. The second kappa shape index (κ2) is 7.05. The molecule has 0 radical (unpaired) electrons. The first-order valence-electron chi connectivity index (χ1n) is 7.54. The molecule has 128 valence electrons. The van der Waals surface area contributed by atoms with E-state index in [2.05, 4.69) is 0 Å². The molecular formula is C16H21F2NO3S. The van der Waals surface area contributed by atoms with Crippen LogP contribution in [0, 0.1) is 17.6 Å². The zero-order valence-electron chi connectivity index (χ0n) is 13.2. The second-order valence-corrected chi connectivity index (χ2v) is 7.44. The van der Waals surface area contributed by atoms with Crippen LogP contribution >= 0.6 is 11.8 Å². The minimum atomic E-state index is -1.52. The summed E-state index contributed by atoms with van der Waals surface area (Å²) in [5, 5.41) is 19.8. The van der Waals surface area contributed by atoms with E-state index in [1.165, 1.54) is 0 Å². The molecule has 1 aromatic rings. The van der Waals surface area contributed by atoms with E-state index in [0.717, 1.165) is 17.0 Å². The number of thioether (sulfide) groups is 1. The number of carboxylic acid groups (broad SMARTS) is 1. The zero-order chi connectivity index (χ0) is 17.2. The third kappa shape index (κ3) is 3.95. The van der Waals surface area contributed by atoms with Crippen LogP contribution in [0.25, 0.3) is 0 Å². The molecule has 1 heterocycles. The highest BCUT2D eigenvalue weighted by Gasteiger charge is 2.37. The van der Waals surface area contributed by atoms with Crippen LogP contribution in [0.4, 0.5) is 19.3 Å². The Morgan fingerprint density at radius 1 is 1.30 bits per heavy atom. The van der Waals surface area contributed by atoms with E-state index in [4.69, 9.17) is 0 Å². The van der Waals surface area contributed by atoms with Crippen molar-refractivity contribution in [1.29, 1.82) is 0 Å². The van der Waals surface area contributed by atoms with E-state index < -0.39 is 23.3 Å². The molecule has 0 aromatic heterocycles. The Kier molecular flexibility index (Phi) is 5.52. The van der Waals surface area contributed by atoms with Crippen molar-refractivity contribution < 1.29 is 23.8 Å². The molecule has 2 N–H and O–H groups in total. The number of anilines is 1. The molecular weight excluding hydrogens is 324 g/mol. The summed E-state index contributed by atoms with van der Waals surface area (Å²) in [6.45, 7) is 3.77. The van der Waals surface area contributed by atoms with Crippen molar-refractivity contribution in [1.82, 2.24) is 0 Å². The number of halogens is 2. The fraction of sp³-hybridized carbons (Fsp3) is 0.562. The second-order valence-electron chi connectivity index (χ2n) is 6.22. The van der Waals surface area contributed by atoms with Crippen LogP contribution in [-0.2, 0) is 5.60 Å². The maximum atomic E-state index is 14.5. The molecule has 7 heteroatoms. The topological polar surface area (TPSA) is 60.8 Å². The summed E-state index contributed by atoms with van der Waals surface area (Å²) in [5.74, 6) is -0.525. The standard InChI is InChI=1S/C16H21F2NO3S/c1-10(2)9-19(15(20)21)11-7-12(17)14(13(18)8-11)16(22)3-5-23-6-4-16/h7-8,10,22H,3-6,9H2,1-2H3,(H,20,21). The first-order valence-corrected chi connectivity index (χ1v) is 8.70. The predicted molar refractivity (Wildman–Crippen MR) is 87.0 cm³/mol. The Bertz CT molecular complexity index is 566. The van der Waals surface area contributed by atoms with Crippen LogP contribution in [0.2, 0.25) is 0 Å². The summed E-state index contributed by atoms with van der Waals surface area (Å²) >= 11 is 1.63. The summed E-state index contributed by atoms with van der Waals surface area (Å²) < 4.78 is 29.0. The zero-order valence-corrected chi connectivity index (χ0v) is 14.0. The van der Waals surface area contributed by atoms with Crippen molar-refractivity contribution in [3.63, 3.8) is 0 Å². The van der Waals surface area contributed by atoms with Crippen molar-refractivity contribution in [2.45, 2.75) is 32.3 Å². The lowest BCUT2D eigenvalue weighted by atomic mass is 9.87. The van der Waals surface area contributed by atoms with Gasteiger partial charge < -0.3 is 10.2 Å². The van der Waals surface area contributed by atoms with Gasteiger partial charge in [-0.25, -0.2) is 13.6 Å². The Labute approximate surface area is 138 Å². The largest absolute Gasteiger partial charge is 0.465 e. The van der Waals surface area contributed by atoms with Crippen LogP contribution in [0.15, 0.2) is 12.1 Å². The SMILES string of the molecule is CC(C)CN(C(=O)O)c1cc(F)c(C2(O)CCSCC2)c(F)c1. The summed E-state index contributed by atoms with van der Waals surface area (Å²) in [7, 11) is 0. The number of hydrogen-bond acceptors (Lipinski definition) is 3. The van der Waals surface area contributed by atoms with Gasteiger partial charge in [-0.2, -0.15) is 11.8 Å². The number of nitrogens with zero attached hydrogens (tertiary/aromatic N) is 1. The van der Waals surface area contributed by atoms with E-state index in [9.17, 15) is 23.8 Å². The van der Waals surface area contributed by atoms with Gasteiger partial charge in [-0.15, -0.1) is 0 Å². The van der Waals surface area contributed by atoms with Gasteiger partial charge in [0.25, 0.3) is 0 Å². The molecule has 1 aliphatic rings. The minimum absolute atomic E-state index is 0.0106. The summed E-state index contributed by atoms with van der Waals surface area (Å²) in [4.78, 5) is 12.3. The maximum absolute atomic E-state index is 14.5. The Morgan fingerprint density at radius 2 is 1.83 bits per heavy atom. The highest BCUT2D eigenvalue weighted by molar-refractivity contribution is 7.99. The number of benzene rings is 1. The smallest absolute Gasteiger partial charge is 0.411 e.